The van der Waals surface area contributed by atoms with Crippen LogP contribution in [0.1, 0.15) is 58.1 Å². The number of aliphatic carboxylic acids is 1. The zero-order valence-corrected chi connectivity index (χ0v) is 13.2. The molecule has 0 radical (unpaired) electrons. The normalized spacial score (nSPS) is 13.0. The Morgan fingerprint density at radius 1 is 1.33 bits per heavy atom. The van der Waals surface area contributed by atoms with Crippen LogP contribution in [0.3, 0.4) is 0 Å². The van der Waals surface area contributed by atoms with Crippen molar-refractivity contribution >= 4 is 11.9 Å². The molecule has 1 atom stereocenters. The second kappa shape index (κ2) is 7.24. The van der Waals surface area contributed by atoms with Crippen molar-refractivity contribution in [1.29, 1.82) is 0 Å². The zero-order chi connectivity index (χ0) is 16.0. The minimum atomic E-state index is -0.821. The fourth-order valence-electron chi connectivity index (χ4n) is 2.18. The van der Waals surface area contributed by atoms with Gasteiger partial charge in [-0.3, -0.25) is 14.3 Å². The van der Waals surface area contributed by atoms with Crippen LogP contribution in [-0.2, 0) is 16.6 Å². The zero-order valence-electron chi connectivity index (χ0n) is 13.2. The first-order valence-electron chi connectivity index (χ1n) is 7.20. The number of hydrogen-bond donors (Lipinski definition) is 2. The predicted octanol–water partition coefficient (Wildman–Crippen LogP) is 2.27. The molecule has 0 saturated carbocycles. The molecule has 1 heterocycles. The van der Waals surface area contributed by atoms with E-state index in [0.717, 1.165) is 5.56 Å². The first-order chi connectivity index (χ1) is 9.70. The molecule has 0 aliphatic carbocycles. The summed E-state index contributed by atoms with van der Waals surface area (Å²) in [5.74, 6) is -0.873. The largest absolute Gasteiger partial charge is 0.481 e. The third-order valence-electron chi connectivity index (χ3n) is 3.27. The molecule has 0 aliphatic heterocycles. The number of aromatic nitrogens is 2. The molecule has 0 bridgehead atoms. The van der Waals surface area contributed by atoms with Crippen molar-refractivity contribution in [3.05, 3.63) is 18.0 Å². The molecule has 118 valence electrons. The molecular formula is C15H25N3O3. The van der Waals surface area contributed by atoms with Gasteiger partial charge in [-0.2, -0.15) is 5.10 Å². The fourth-order valence-corrected chi connectivity index (χ4v) is 2.18. The summed E-state index contributed by atoms with van der Waals surface area (Å²) in [4.78, 5) is 22.5. The Morgan fingerprint density at radius 3 is 2.43 bits per heavy atom. The van der Waals surface area contributed by atoms with Gasteiger partial charge in [-0.05, 0) is 18.3 Å². The number of carbonyl (C=O) groups is 2. The quantitative estimate of drug-likeness (QED) is 0.756. The average Bonchev–Trinajstić information content (AvgIpc) is 2.76. The van der Waals surface area contributed by atoms with Crippen LogP contribution < -0.4 is 5.32 Å². The van der Waals surface area contributed by atoms with E-state index in [2.05, 4.69) is 31.2 Å². The molecule has 21 heavy (non-hydrogen) atoms. The number of aryl methyl sites for hydroxylation is 1. The minimum absolute atomic E-state index is 0.0517. The first kappa shape index (κ1) is 17.2. The highest BCUT2D eigenvalue weighted by Gasteiger charge is 2.28. The topological polar surface area (TPSA) is 84.2 Å². The summed E-state index contributed by atoms with van der Waals surface area (Å²) < 4.78 is 1.72. The molecule has 0 spiro atoms. The summed E-state index contributed by atoms with van der Waals surface area (Å²) in [6.07, 6.45) is 5.23. The lowest BCUT2D eigenvalue weighted by Crippen LogP contribution is -2.36. The monoisotopic (exact) mass is 295 g/mol. The lowest BCUT2D eigenvalue weighted by Gasteiger charge is -2.30. The number of carboxylic acid groups (broad SMARTS) is 1. The number of carboxylic acids is 1. The lowest BCUT2D eigenvalue weighted by molar-refractivity contribution is -0.137. The van der Waals surface area contributed by atoms with Crippen molar-refractivity contribution in [1.82, 2.24) is 15.1 Å². The van der Waals surface area contributed by atoms with E-state index in [-0.39, 0.29) is 23.8 Å². The number of nitrogens with one attached hydrogen (secondary N) is 1. The van der Waals surface area contributed by atoms with Crippen molar-refractivity contribution in [3.8, 4) is 0 Å². The van der Waals surface area contributed by atoms with Crippen molar-refractivity contribution in [2.24, 2.45) is 12.5 Å². The minimum Gasteiger partial charge on any atom is -0.481 e. The molecule has 0 fully saturated rings. The Morgan fingerprint density at radius 2 is 1.95 bits per heavy atom. The van der Waals surface area contributed by atoms with Crippen LogP contribution in [0, 0.1) is 5.41 Å². The first-order valence-corrected chi connectivity index (χ1v) is 7.20. The average molecular weight is 295 g/mol. The van der Waals surface area contributed by atoms with Crippen molar-refractivity contribution in [2.75, 3.05) is 0 Å². The van der Waals surface area contributed by atoms with E-state index in [1.165, 1.54) is 0 Å². The van der Waals surface area contributed by atoms with Crippen LogP contribution in [-0.4, -0.2) is 26.8 Å². The van der Waals surface area contributed by atoms with Crippen molar-refractivity contribution in [3.63, 3.8) is 0 Å². The molecule has 6 heteroatoms. The van der Waals surface area contributed by atoms with E-state index in [1.807, 2.05) is 13.2 Å². The summed E-state index contributed by atoms with van der Waals surface area (Å²) in [6.45, 7) is 6.19. The van der Waals surface area contributed by atoms with E-state index in [9.17, 15) is 9.59 Å². The third kappa shape index (κ3) is 5.97. The molecule has 1 amide bonds. The molecule has 2 N–H and O–H groups in total. The van der Waals surface area contributed by atoms with Gasteiger partial charge < -0.3 is 10.4 Å². The highest BCUT2D eigenvalue weighted by molar-refractivity contribution is 5.76. The molecule has 1 rings (SSSR count). The Kier molecular flexibility index (Phi) is 5.93. The molecule has 6 nitrogen and oxygen atoms in total. The maximum Gasteiger partial charge on any atom is 0.303 e. The van der Waals surface area contributed by atoms with Gasteiger partial charge in [-0.25, -0.2) is 0 Å². The van der Waals surface area contributed by atoms with Gasteiger partial charge in [0.15, 0.2) is 0 Å². The number of amides is 1. The Bertz CT molecular complexity index is 489. The van der Waals surface area contributed by atoms with Crippen molar-refractivity contribution < 1.29 is 14.7 Å². The van der Waals surface area contributed by atoms with E-state index in [4.69, 9.17) is 5.11 Å². The Labute approximate surface area is 125 Å². The molecule has 1 unspecified atom stereocenters. The molecular weight excluding hydrogens is 270 g/mol. The SMILES string of the molecule is Cn1cc(C(NC(=O)CCCCC(=O)O)C(C)(C)C)cn1. The van der Waals surface area contributed by atoms with E-state index in [0.29, 0.717) is 19.3 Å². The fraction of sp³-hybridized carbons (Fsp3) is 0.667. The van der Waals surface area contributed by atoms with Gasteiger partial charge in [-0.15, -0.1) is 0 Å². The number of hydrogen-bond acceptors (Lipinski definition) is 3. The molecule has 0 saturated heterocycles. The van der Waals surface area contributed by atoms with Crippen LogP contribution in [0.2, 0.25) is 0 Å². The number of carbonyl (C=O) groups excluding carboxylic acids is 1. The van der Waals surface area contributed by atoms with E-state index in [1.54, 1.807) is 10.9 Å². The summed E-state index contributed by atoms with van der Waals surface area (Å²) in [7, 11) is 1.84. The van der Waals surface area contributed by atoms with E-state index < -0.39 is 5.97 Å². The van der Waals surface area contributed by atoms with Gasteiger partial charge >= 0.3 is 5.97 Å². The molecule has 0 aromatic carbocycles. The summed E-state index contributed by atoms with van der Waals surface area (Å²) >= 11 is 0. The Hall–Kier alpha value is -1.85. The van der Waals surface area contributed by atoms with Crippen LogP contribution >= 0.6 is 0 Å². The maximum absolute atomic E-state index is 12.0. The summed E-state index contributed by atoms with van der Waals surface area (Å²) in [5, 5.41) is 15.8. The lowest BCUT2D eigenvalue weighted by atomic mass is 9.83. The van der Waals surface area contributed by atoms with E-state index >= 15 is 0 Å². The van der Waals surface area contributed by atoms with Crippen LogP contribution in [0.5, 0.6) is 0 Å². The van der Waals surface area contributed by atoms with Crippen LogP contribution in [0.4, 0.5) is 0 Å². The van der Waals surface area contributed by atoms with Gasteiger partial charge in [-0.1, -0.05) is 20.8 Å². The van der Waals surface area contributed by atoms with Gasteiger partial charge in [0.2, 0.25) is 5.91 Å². The summed E-state index contributed by atoms with van der Waals surface area (Å²) in [6, 6.07) is -0.113. The highest BCUT2D eigenvalue weighted by atomic mass is 16.4. The van der Waals surface area contributed by atoms with Gasteiger partial charge in [0.05, 0.1) is 12.2 Å². The summed E-state index contributed by atoms with van der Waals surface area (Å²) in [5.41, 5.74) is 0.851. The van der Waals surface area contributed by atoms with Gasteiger partial charge in [0, 0.05) is 31.6 Å². The third-order valence-corrected chi connectivity index (χ3v) is 3.27. The number of rotatable bonds is 7. The van der Waals surface area contributed by atoms with Crippen LogP contribution in [0.25, 0.3) is 0 Å². The van der Waals surface area contributed by atoms with Gasteiger partial charge in [0.1, 0.15) is 0 Å². The Balaban J connectivity index is 2.58. The molecule has 0 aliphatic rings. The standard InChI is InChI=1S/C15H25N3O3/c1-15(2,3)14(11-9-16-18(4)10-11)17-12(19)7-5-6-8-13(20)21/h9-10,14H,5-8H2,1-4H3,(H,17,19)(H,20,21). The highest BCUT2D eigenvalue weighted by Crippen LogP contribution is 2.32. The second-order valence-corrected chi connectivity index (χ2v) is 6.41. The second-order valence-electron chi connectivity index (χ2n) is 6.41. The maximum atomic E-state index is 12.0. The number of nitrogens with zero attached hydrogens (tertiary/aromatic N) is 2. The van der Waals surface area contributed by atoms with Crippen molar-refractivity contribution in [2.45, 2.75) is 52.5 Å². The van der Waals surface area contributed by atoms with Gasteiger partial charge in [0.25, 0.3) is 0 Å². The molecule has 1 aromatic heterocycles. The predicted molar refractivity (Wildman–Crippen MR) is 79.7 cm³/mol. The number of unbranched alkanes of at least 4 members (excludes halogenated alkanes) is 1. The smallest absolute Gasteiger partial charge is 0.303 e. The molecule has 1 aromatic rings. The van der Waals surface area contributed by atoms with Crippen LogP contribution in [0.15, 0.2) is 12.4 Å².